The summed E-state index contributed by atoms with van der Waals surface area (Å²) in [6.07, 6.45) is 1.78. The smallest absolute Gasteiger partial charge is 0.264 e. The van der Waals surface area contributed by atoms with Gasteiger partial charge in [0.1, 0.15) is 10.7 Å². The number of hydrogen-bond acceptors (Lipinski definition) is 3. The molecule has 0 aromatic heterocycles. The zero-order valence-corrected chi connectivity index (χ0v) is 12.2. The predicted octanol–water partition coefficient (Wildman–Crippen LogP) is 2.64. The van der Waals surface area contributed by atoms with Crippen LogP contribution in [0.25, 0.3) is 0 Å². The molecular formula is C11H10Cl2FNO3S. The Morgan fingerprint density at radius 1 is 1.42 bits per heavy atom. The highest BCUT2D eigenvalue weighted by molar-refractivity contribution is 8.13. The van der Waals surface area contributed by atoms with E-state index in [-0.39, 0.29) is 16.6 Å². The van der Waals surface area contributed by atoms with Gasteiger partial charge in [0.2, 0.25) is 0 Å². The molecule has 0 bridgehead atoms. The normalized spacial score (nSPS) is 15.4. The largest absolute Gasteiger partial charge is 0.339 e. The van der Waals surface area contributed by atoms with Crippen LogP contribution in [0.5, 0.6) is 0 Å². The monoisotopic (exact) mass is 325 g/mol. The van der Waals surface area contributed by atoms with Gasteiger partial charge in [-0.25, -0.2) is 12.8 Å². The SMILES string of the molecule is CN(C(=O)c1cc(S(=O)(=O)Cl)c(F)cc1Cl)C1CC1. The molecule has 0 aliphatic heterocycles. The summed E-state index contributed by atoms with van der Waals surface area (Å²) in [6.45, 7) is 0. The van der Waals surface area contributed by atoms with Crippen LogP contribution in [0.2, 0.25) is 5.02 Å². The second-order valence-corrected chi connectivity index (χ2v) is 7.29. The third kappa shape index (κ3) is 3.01. The van der Waals surface area contributed by atoms with Crippen LogP contribution in [-0.2, 0) is 9.05 Å². The van der Waals surface area contributed by atoms with Gasteiger partial charge < -0.3 is 4.90 Å². The number of amides is 1. The van der Waals surface area contributed by atoms with E-state index in [9.17, 15) is 17.6 Å². The second-order valence-electron chi connectivity index (χ2n) is 4.35. The second kappa shape index (κ2) is 4.92. The van der Waals surface area contributed by atoms with Crippen LogP contribution >= 0.6 is 22.3 Å². The average Bonchev–Trinajstić information content (AvgIpc) is 3.09. The summed E-state index contributed by atoms with van der Waals surface area (Å²) in [5, 5.41) is -0.140. The Balaban J connectivity index is 2.48. The Bertz CT molecular complexity index is 644. The summed E-state index contributed by atoms with van der Waals surface area (Å²) in [5.74, 6) is -1.53. The number of nitrogens with zero attached hydrogens (tertiary/aromatic N) is 1. The number of carbonyl (C=O) groups excluding carboxylic acids is 1. The number of carbonyl (C=O) groups is 1. The van der Waals surface area contributed by atoms with Gasteiger partial charge >= 0.3 is 0 Å². The molecule has 1 aliphatic rings. The van der Waals surface area contributed by atoms with E-state index in [2.05, 4.69) is 0 Å². The fraction of sp³-hybridized carbons (Fsp3) is 0.364. The summed E-state index contributed by atoms with van der Waals surface area (Å²) in [5.41, 5.74) is -0.0725. The van der Waals surface area contributed by atoms with Gasteiger partial charge in [0, 0.05) is 23.8 Å². The Morgan fingerprint density at radius 2 is 2.00 bits per heavy atom. The van der Waals surface area contributed by atoms with Gasteiger partial charge in [0.05, 0.1) is 10.6 Å². The minimum absolute atomic E-state index is 0.0725. The van der Waals surface area contributed by atoms with E-state index in [0.29, 0.717) is 0 Å². The molecule has 0 unspecified atom stereocenters. The van der Waals surface area contributed by atoms with E-state index >= 15 is 0 Å². The fourth-order valence-corrected chi connectivity index (χ4v) is 2.83. The summed E-state index contributed by atoms with van der Waals surface area (Å²) < 4.78 is 35.9. The first-order valence-corrected chi connectivity index (χ1v) is 8.11. The Labute approximate surface area is 119 Å². The van der Waals surface area contributed by atoms with Crippen molar-refractivity contribution in [1.82, 2.24) is 4.90 Å². The van der Waals surface area contributed by atoms with Crippen molar-refractivity contribution in [2.75, 3.05) is 7.05 Å². The van der Waals surface area contributed by atoms with E-state index < -0.39 is 25.7 Å². The molecule has 2 rings (SSSR count). The minimum Gasteiger partial charge on any atom is -0.339 e. The van der Waals surface area contributed by atoms with Crippen LogP contribution in [-0.4, -0.2) is 32.3 Å². The van der Waals surface area contributed by atoms with Crippen molar-refractivity contribution in [1.29, 1.82) is 0 Å². The Kier molecular flexibility index (Phi) is 3.77. The summed E-state index contributed by atoms with van der Waals surface area (Å²) >= 11 is 5.79. The number of halogens is 3. The van der Waals surface area contributed by atoms with E-state index in [1.54, 1.807) is 7.05 Å². The molecule has 1 fully saturated rings. The maximum absolute atomic E-state index is 13.5. The van der Waals surface area contributed by atoms with Crippen molar-refractivity contribution in [3.05, 3.63) is 28.5 Å². The van der Waals surface area contributed by atoms with Crippen molar-refractivity contribution in [3.63, 3.8) is 0 Å². The van der Waals surface area contributed by atoms with Gasteiger partial charge in [0.25, 0.3) is 15.0 Å². The average molecular weight is 326 g/mol. The van der Waals surface area contributed by atoms with Crippen LogP contribution in [0.4, 0.5) is 4.39 Å². The van der Waals surface area contributed by atoms with Gasteiger partial charge in [-0.15, -0.1) is 0 Å². The lowest BCUT2D eigenvalue weighted by Crippen LogP contribution is -2.29. The molecule has 0 radical (unpaired) electrons. The highest BCUT2D eigenvalue weighted by Gasteiger charge is 2.32. The summed E-state index contributed by atoms with van der Waals surface area (Å²) in [7, 11) is 2.43. The third-order valence-corrected chi connectivity index (χ3v) is 4.58. The van der Waals surface area contributed by atoms with Crippen molar-refractivity contribution in [2.45, 2.75) is 23.8 Å². The van der Waals surface area contributed by atoms with Crippen molar-refractivity contribution >= 4 is 37.2 Å². The Hall–Kier alpha value is -0.850. The van der Waals surface area contributed by atoms with E-state index in [4.69, 9.17) is 22.3 Å². The number of hydrogen-bond donors (Lipinski definition) is 0. The fourth-order valence-electron chi connectivity index (χ4n) is 1.70. The third-order valence-electron chi connectivity index (χ3n) is 2.93. The van der Waals surface area contributed by atoms with Crippen molar-refractivity contribution < 1.29 is 17.6 Å². The van der Waals surface area contributed by atoms with E-state index in [0.717, 1.165) is 25.0 Å². The van der Waals surface area contributed by atoms with Crippen molar-refractivity contribution in [2.24, 2.45) is 0 Å². The molecule has 19 heavy (non-hydrogen) atoms. The zero-order valence-electron chi connectivity index (χ0n) is 9.86. The van der Waals surface area contributed by atoms with Crippen LogP contribution in [0.3, 0.4) is 0 Å². The first-order valence-electron chi connectivity index (χ1n) is 5.42. The van der Waals surface area contributed by atoms with Gasteiger partial charge in [-0.1, -0.05) is 11.6 Å². The molecule has 104 valence electrons. The molecule has 1 aromatic rings. The lowest BCUT2D eigenvalue weighted by molar-refractivity contribution is 0.0785. The molecule has 1 saturated carbocycles. The van der Waals surface area contributed by atoms with E-state index in [1.807, 2.05) is 0 Å². The first kappa shape index (κ1) is 14.6. The quantitative estimate of drug-likeness (QED) is 0.803. The number of benzene rings is 1. The maximum Gasteiger partial charge on any atom is 0.264 e. The predicted molar refractivity (Wildman–Crippen MR) is 69.6 cm³/mol. The summed E-state index contributed by atoms with van der Waals surface area (Å²) in [4.78, 5) is 12.8. The van der Waals surface area contributed by atoms with Crippen LogP contribution < -0.4 is 0 Å². The van der Waals surface area contributed by atoms with E-state index in [1.165, 1.54) is 4.90 Å². The van der Waals surface area contributed by atoms with Gasteiger partial charge in [-0.05, 0) is 25.0 Å². The molecule has 0 atom stereocenters. The zero-order chi connectivity index (χ0) is 14.4. The van der Waals surface area contributed by atoms with Gasteiger partial charge in [-0.2, -0.15) is 0 Å². The number of rotatable bonds is 3. The molecule has 0 heterocycles. The van der Waals surface area contributed by atoms with Crippen LogP contribution in [0, 0.1) is 5.82 Å². The molecule has 8 heteroatoms. The highest BCUT2D eigenvalue weighted by atomic mass is 35.7. The Morgan fingerprint density at radius 3 is 2.47 bits per heavy atom. The molecule has 0 N–H and O–H groups in total. The molecule has 1 aliphatic carbocycles. The minimum atomic E-state index is -4.27. The highest BCUT2D eigenvalue weighted by Crippen LogP contribution is 2.31. The van der Waals surface area contributed by atoms with Crippen LogP contribution in [0.15, 0.2) is 17.0 Å². The summed E-state index contributed by atoms with van der Waals surface area (Å²) in [6, 6.07) is 1.79. The maximum atomic E-state index is 13.5. The van der Waals surface area contributed by atoms with Crippen LogP contribution in [0.1, 0.15) is 23.2 Å². The van der Waals surface area contributed by atoms with Gasteiger partial charge in [0.15, 0.2) is 0 Å². The first-order chi connectivity index (χ1) is 8.71. The van der Waals surface area contributed by atoms with Crippen molar-refractivity contribution in [3.8, 4) is 0 Å². The lowest BCUT2D eigenvalue weighted by Gasteiger charge is -2.17. The molecule has 0 saturated heterocycles. The molecule has 1 aromatic carbocycles. The lowest BCUT2D eigenvalue weighted by atomic mass is 10.2. The van der Waals surface area contributed by atoms with Gasteiger partial charge in [-0.3, -0.25) is 4.79 Å². The molecule has 4 nitrogen and oxygen atoms in total. The topological polar surface area (TPSA) is 54.5 Å². The molecular weight excluding hydrogens is 316 g/mol. The standard InChI is InChI=1S/C11H10Cl2FNO3S/c1-15(6-2-3-6)11(16)7-4-10(19(13,17)18)9(14)5-8(7)12/h4-6H,2-3H2,1H3. The molecule has 0 spiro atoms. The molecule has 1 amide bonds.